The number of hydrogen-bond acceptors (Lipinski definition) is 6. The Morgan fingerprint density at radius 1 is 1.32 bits per heavy atom. The molecule has 0 atom stereocenters. The zero-order valence-electron chi connectivity index (χ0n) is 15.0. The molecule has 0 bridgehead atoms. The van der Waals surface area contributed by atoms with Crippen molar-refractivity contribution in [2.24, 2.45) is 0 Å². The number of anilines is 1. The van der Waals surface area contributed by atoms with E-state index in [1.807, 2.05) is 5.38 Å². The Balaban J connectivity index is 1.42. The van der Waals surface area contributed by atoms with Gasteiger partial charge in [-0.1, -0.05) is 0 Å². The number of aromatic nitrogens is 1. The van der Waals surface area contributed by atoms with Crippen LogP contribution in [0.25, 0.3) is 0 Å². The first-order valence-electron chi connectivity index (χ1n) is 8.79. The highest BCUT2D eigenvalue weighted by Crippen LogP contribution is 2.18. The molecule has 2 aromatic rings. The van der Waals surface area contributed by atoms with Gasteiger partial charge in [0.15, 0.2) is 5.13 Å². The van der Waals surface area contributed by atoms with Crippen molar-refractivity contribution < 1.29 is 18.7 Å². The monoisotopic (exact) mass is 470 g/mol. The molecule has 28 heavy (non-hydrogen) atoms. The van der Waals surface area contributed by atoms with E-state index in [0.717, 1.165) is 44.6 Å². The highest BCUT2D eigenvalue weighted by atomic mass is 79.9. The van der Waals surface area contributed by atoms with Gasteiger partial charge in [0.2, 0.25) is 5.91 Å². The van der Waals surface area contributed by atoms with Crippen molar-refractivity contribution in [3.05, 3.63) is 45.1 Å². The summed E-state index contributed by atoms with van der Waals surface area (Å²) in [4.78, 5) is 30.8. The summed E-state index contributed by atoms with van der Waals surface area (Å²) in [6.45, 7) is 4.08. The normalized spacial score (nSPS) is 14.6. The number of carbonyl (C=O) groups is 2. The molecule has 0 radical (unpaired) electrons. The van der Waals surface area contributed by atoms with Crippen LogP contribution in [0.5, 0.6) is 0 Å². The van der Waals surface area contributed by atoms with Crippen molar-refractivity contribution in [2.45, 2.75) is 13.0 Å². The molecule has 2 N–H and O–H groups in total. The summed E-state index contributed by atoms with van der Waals surface area (Å²) in [7, 11) is 0. The number of nitrogens with zero attached hydrogens (tertiary/aromatic N) is 2. The summed E-state index contributed by atoms with van der Waals surface area (Å²) in [5.74, 6) is -1.19. The van der Waals surface area contributed by atoms with Gasteiger partial charge in [-0.2, -0.15) is 0 Å². The van der Waals surface area contributed by atoms with Crippen LogP contribution in [0.1, 0.15) is 22.5 Å². The molecule has 3 rings (SSSR count). The lowest BCUT2D eigenvalue weighted by Gasteiger charge is -2.25. The van der Waals surface area contributed by atoms with Gasteiger partial charge in [-0.15, -0.1) is 11.3 Å². The fourth-order valence-corrected chi connectivity index (χ4v) is 3.81. The Bertz CT molecular complexity index is 842. The van der Waals surface area contributed by atoms with Gasteiger partial charge >= 0.3 is 0 Å². The first kappa shape index (κ1) is 20.8. The highest BCUT2D eigenvalue weighted by Gasteiger charge is 2.14. The topological polar surface area (TPSA) is 83.6 Å². The number of carbonyl (C=O) groups excluding carboxylic acids is 2. The van der Waals surface area contributed by atoms with Gasteiger partial charge in [-0.05, 0) is 34.1 Å². The molecule has 0 unspecified atom stereocenters. The third-order valence-corrected chi connectivity index (χ3v) is 5.60. The van der Waals surface area contributed by atoms with Crippen molar-refractivity contribution in [1.82, 2.24) is 15.2 Å². The maximum Gasteiger partial charge on any atom is 0.252 e. The van der Waals surface area contributed by atoms with Crippen LogP contribution < -0.4 is 10.6 Å². The van der Waals surface area contributed by atoms with E-state index >= 15 is 0 Å². The predicted octanol–water partition coefficient (Wildman–Crippen LogP) is 2.64. The molecule has 1 saturated heterocycles. The maximum absolute atomic E-state index is 13.3. The Kier molecular flexibility index (Phi) is 7.49. The zero-order chi connectivity index (χ0) is 19.9. The smallest absolute Gasteiger partial charge is 0.252 e. The quantitative estimate of drug-likeness (QED) is 0.649. The summed E-state index contributed by atoms with van der Waals surface area (Å²) in [5.41, 5.74) is 1.10. The molecule has 150 valence electrons. The molecule has 0 spiro atoms. The fraction of sp³-hybridized carbons (Fsp3) is 0.389. The van der Waals surface area contributed by atoms with E-state index in [0.29, 0.717) is 9.60 Å². The molecule has 1 aromatic heterocycles. The molecule has 1 fully saturated rings. The molecular formula is C18H20BrFN4O3S. The maximum atomic E-state index is 13.3. The molecule has 7 nitrogen and oxygen atoms in total. The minimum absolute atomic E-state index is 0.0943. The lowest BCUT2D eigenvalue weighted by atomic mass is 10.2. The summed E-state index contributed by atoms with van der Waals surface area (Å²) in [6.07, 6.45) is 0.0943. The molecular weight excluding hydrogens is 451 g/mol. The van der Waals surface area contributed by atoms with Gasteiger partial charge in [0.25, 0.3) is 5.91 Å². The molecule has 10 heteroatoms. The third kappa shape index (κ3) is 6.06. The Morgan fingerprint density at radius 2 is 2.11 bits per heavy atom. The zero-order valence-corrected chi connectivity index (χ0v) is 17.4. The van der Waals surface area contributed by atoms with Crippen LogP contribution in [0.15, 0.2) is 28.1 Å². The standard InChI is InChI=1S/C18H20BrFN4O3S/c19-15-2-1-12(20)9-14(15)17(26)21-4-3-16(25)23-18-22-13(11-28-18)10-24-5-7-27-8-6-24/h1-2,9,11H,3-8,10H2,(H,21,26)(H,22,23,25). The van der Waals surface area contributed by atoms with Crippen LogP contribution in [0.3, 0.4) is 0 Å². The summed E-state index contributed by atoms with van der Waals surface area (Å²) < 4.78 is 19.1. The second-order valence-corrected chi connectivity index (χ2v) is 7.92. The summed E-state index contributed by atoms with van der Waals surface area (Å²) in [6, 6.07) is 3.87. The summed E-state index contributed by atoms with van der Waals surface area (Å²) >= 11 is 4.58. The average Bonchev–Trinajstić information content (AvgIpc) is 3.11. The third-order valence-electron chi connectivity index (χ3n) is 4.10. The number of nitrogens with one attached hydrogen (secondary N) is 2. The fourth-order valence-electron chi connectivity index (χ4n) is 2.66. The van der Waals surface area contributed by atoms with Crippen LogP contribution in [0, 0.1) is 5.82 Å². The molecule has 1 aliphatic heterocycles. The Hall–Kier alpha value is -1.88. The van der Waals surface area contributed by atoms with Crippen molar-refractivity contribution in [3.63, 3.8) is 0 Å². The van der Waals surface area contributed by atoms with Gasteiger partial charge in [0.05, 0.1) is 24.5 Å². The van der Waals surface area contributed by atoms with E-state index in [9.17, 15) is 14.0 Å². The molecule has 1 aromatic carbocycles. The second-order valence-electron chi connectivity index (χ2n) is 6.21. The van der Waals surface area contributed by atoms with Crippen LogP contribution in [-0.2, 0) is 16.1 Å². The Morgan fingerprint density at radius 3 is 2.89 bits per heavy atom. The van der Waals surface area contributed by atoms with E-state index < -0.39 is 11.7 Å². The minimum atomic E-state index is -0.497. The average molecular weight is 471 g/mol. The second kappa shape index (κ2) is 10.1. The van der Waals surface area contributed by atoms with Crippen molar-refractivity contribution in [1.29, 1.82) is 0 Å². The number of benzene rings is 1. The van der Waals surface area contributed by atoms with Crippen molar-refractivity contribution in [2.75, 3.05) is 38.2 Å². The van der Waals surface area contributed by atoms with Gasteiger partial charge in [0, 0.05) is 42.5 Å². The number of morpholine rings is 1. The van der Waals surface area contributed by atoms with Crippen LogP contribution in [0.4, 0.5) is 9.52 Å². The number of thiazole rings is 1. The van der Waals surface area contributed by atoms with Gasteiger partial charge < -0.3 is 15.4 Å². The molecule has 0 aliphatic carbocycles. The predicted molar refractivity (Wildman–Crippen MR) is 108 cm³/mol. The highest BCUT2D eigenvalue weighted by molar-refractivity contribution is 9.10. The van der Waals surface area contributed by atoms with Gasteiger partial charge in [-0.3, -0.25) is 14.5 Å². The Labute approximate surface area is 174 Å². The van der Waals surface area contributed by atoms with Gasteiger partial charge in [0.1, 0.15) is 5.82 Å². The first-order chi connectivity index (χ1) is 13.5. The number of ether oxygens (including phenoxy) is 1. The lowest BCUT2D eigenvalue weighted by Crippen LogP contribution is -2.35. The van der Waals surface area contributed by atoms with Crippen molar-refractivity contribution >= 4 is 44.2 Å². The SMILES string of the molecule is O=C(CCNC(=O)c1cc(F)ccc1Br)Nc1nc(CN2CCOCC2)cs1. The largest absolute Gasteiger partial charge is 0.379 e. The van der Waals surface area contributed by atoms with E-state index in [1.165, 1.54) is 23.5 Å². The van der Waals surface area contributed by atoms with Gasteiger partial charge in [-0.25, -0.2) is 9.37 Å². The number of amides is 2. The number of hydrogen-bond donors (Lipinski definition) is 2. The van der Waals surface area contributed by atoms with Crippen LogP contribution in [0.2, 0.25) is 0 Å². The summed E-state index contributed by atoms with van der Waals surface area (Å²) in [5, 5.41) is 7.81. The van der Waals surface area contributed by atoms with E-state index in [-0.39, 0.29) is 24.4 Å². The van der Waals surface area contributed by atoms with E-state index in [1.54, 1.807) is 0 Å². The molecule has 0 saturated carbocycles. The molecule has 2 heterocycles. The van der Waals surface area contributed by atoms with Crippen LogP contribution >= 0.6 is 27.3 Å². The van der Waals surface area contributed by atoms with Crippen LogP contribution in [-0.4, -0.2) is 54.5 Å². The first-order valence-corrected chi connectivity index (χ1v) is 10.5. The minimum Gasteiger partial charge on any atom is -0.379 e. The molecule has 1 aliphatic rings. The number of halogens is 2. The number of rotatable bonds is 7. The van der Waals surface area contributed by atoms with Crippen molar-refractivity contribution in [3.8, 4) is 0 Å². The van der Waals surface area contributed by atoms with E-state index in [2.05, 4.69) is 36.4 Å². The lowest BCUT2D eigenvalue weighted by molar-refractivity contribution is -0.116. The molecule has 2 amide bonds. The van der Waals surface area contributed by atoms with E-state index in [4.69, 9.17) is 4.74 Å².